The number of thiazole rings is 1. The average molecular weight is 326 g/mol. The van der Waals surface area contributed by atoms with Crippen LogP contribution in [0.5, 0.6) is 5.75 Å². The molecule has 1 heterocycles. The molecule has 18 heavy (non-hydrogen) atoms. The van der Waals surface area contributed by atoms with Crippen LogP contribution in [0.3, 0.4) is 0 Å². The number of aromatic nitrogens is 1. The highest BCUT2D eigenvalue weighted by Gasteiger charge is 2.11. The van der Waals surface area contributed by atoms with Crippen LogP contribution in [0.2, 0.25) is 0 Å². The van der Waals surface area contributed by atoms with Crippen molar-refractivity contribution in [3.63, 3.8) is 0 Å². The Hall–Kier alpha value is -0.870. The van der Waals surface area contributed by atoms with Gasteiger partial charge in [-0.15, -0.1) is 11.3 Å². The zero-order valence-corrected chi connectivity index (χ0v) is 13.1. The van der Waals surface area contributed by atoms with Gasteiger partial charge in [0.1, 0.15) is 10.8 Å². The molecule has 0 bridgehead atoms. The Morgan fingerprint density at radius 2 is 2.17 bits per heavy atom. The van der Waals surface area contributed by atoms with Crippen LogP contribution < -0.4 is 4.74 Å². The van der Waals surface area contributed by atoms with E-state index in [1.165, 1.54) is 5.56 Å². The van der Waals surface area contributed by atoms with Gasteiger partial charge in [-0.1, -0.05) is 35.8 Å². The molecular formula is C14H16BrNOS. The minimum absolute atomic E-state index is 0.504. The number of halogens is 1. The summed E-state index contributed by atoms with van der Waals surface area (Å²) >= 11 is 5.10. The van der Waals surface area contributed by atoms with Crippen LogP contribution >= 0.6 is 27.3 Å². The standard InChI is InChI=1S/C14H16BrNOS/c1-9(2)10-4-5-13(17-3)11(6-10)12-8-18-14(7-15)16-12/h4-6,8-9H,7H2,1-3H3. The number of hydrogen-bond acceptors (Lipinski definition) is 3. The predicted molar refractivity (Wildman–Crippen MR) is 80.8 cm³/mol. The van der Waals surface area contributed by atoms with Crippen molar-refractivity contribution in [3.05, 3.63) is 34.2 Å². The maximum Gasteiger partial charge on any atom is 0.128 e. The van der Waals surface area contributed by atoms with Crippen molar-refractivity contribution in [2.24, 2.45) is 0 Å². The second-order valence-electron chi connectivity index (χ2n) is 4.37. The summed E-state index contributed by atoms with van der Waals surface area (Å²) in [6.07, 6.45) is 0. The summed E-state index contributed by atoms with van der Waals surface area (Å²) in [5.74, 6) is 1.38. The van der Waals surface area contributed by atoms with Gasteiger partial charge in [-0.2, -0.15) is 0 Å². The summed E-state index contributed by atoms with van der Waals surface area (Å²) in [5.41, 5.74) is 3.38. The molecule has 0 radical (unpaired) electrons. The molecule has 0 fully saturated rings. The monoisotopic (exact) mass is 325 g/mol. The molecule has 96 valence electrons. The third kappa shape index (κ3) is 2.75. The van der Waals surface area contributed by atoms with Gasteiger partial charge in [-0.05, 0) is 23.6 Å². The van der Waals surface area contributed by atoms with Crippen LogP contribution in [0.1, 0.15) is 30.3 Å². The molecule has 4 heteroatoms. The largest absolute Gasteiger partial charge is 0.496 e. The molecule has 1 aromatic carbocycles. The Morgan fingerprint density at radius 3 is 2.72 bits per heavy atom. The number of nitrogens with zero attached hydrogens (tertiary/aromatic N) is 1. The SMILES string of the molecule is COc1ccc(C(C)C)cc1-c1csc(CBr)n1. The third-order valence-corrected chi connectivity index (χ3v) is 4.58. The second kappa shape index (κ2) is 5.85. The highest BCUT2D eigenvalue weighted by Crippen LogP contribution is 2.33. The highest BCUT2D eigenvalue weighted by atomic mass is 79.9. The van der Waals surface area contributed by atoms with Gasteiger partial charge in [0.05, 0.1) is 18.1 Å². The van der Waals surface area contributed by atoms with Crippen molar-refractivity contribution in [3.8, 4) is 17.0 Å². The summed E-state index contributed by atoms with van der Waals surface area (Å²) in [7, 11) is 1.70. The van der Waals surface area contributed by atoms with Crippen molar-refractivity contribution in [1.29, 1.82) is 0 Å². The molecule has 2 rings (SSSR count). The van der Waals surface area contributed by atoms with E-state index >= 15 is 0 Å². The molecule has 2 nitrogen and oxygen atoms in total. The zero-order valence-electron chi connectivity index (χ0n) is 10.7. The minimum atomic E-state index is 0.504. The van der Waals surface area contributed by atoms with E-state index in [0.29, 0.717) is 5.92 Å². The van der Waals surface area contributed by atoms with E-state index < -0.39 is 0 Å². The van der Waals surface area contributed by atoms with E-state index in [0.717, 1.165) is 27.3 Å². The lowest BCUT2D eigenvalue weighted by Crippen LogP contribution is -1.93. The smallest absolute Gasteiger partial charge is 0.128 e. The Bertz CT molecular complexity index is 536. The molecule has 0 aliphatic carbocycles. The summed E-state index contributed by atoms with van der Waals surface area (Å²) in [5, 5.41) is 3.96. The average Bonchev–Trinajstić information content (AvgIpc) is 2.86. The first kappa shape index (κ1) is 13.6. The van der Waals surface area contributed by atoms with E-state index in [1.807, 2.05) is 6.07 Å². The first-order valence-electron chi connectivity index (χ1n) is 5.84. The summed E-state index contributed by atoms with van der Waals surface area (Å²) in [6.45, 7) is 4.38. The molecule has 2 aromatic rings. The van der Waals surface area contributed by atoms with E-state index in [9.17, 15) is 0 Å². The van der Waals surface area contributed by atoms with Gasteiger partial charge in [0.25, 0.3) is 0 Å². The number of methoxy groups -OCH3 is 1. The van der Waals surface area contributed by atoms with Crippen LogP contribution in [0.25, 0.3) is 11.3 Å². The fourth-order valence-electron chi connectivity index (χ4n) is 1.78. The highest BCUT2D eigenvalue weighted by molar-refractivity contribution is 9.08. The van der Waals surface area contributed by atoms with Crippen LogP contribution in [-0.2, 0) is 5.33 Å². The van der Waals surface area contributed by atoms with E-state index in [1.54, 1.807) is 18.4 Å². The maximum absolute atomic E-state index is 5.43. The van der Waals surface area contributed by atoms with Gasteiger partial charge in [-0.3, -0.25) is 0 Å². The molecule has 1 aromatic heterocycles. The topological polar surface area (TPSA) is 22.1 Å². The molecule has 0 amide bonds. The normalized spacial score (nSPS) is 10.9. The van der Waals surface area contributed by atoms with E-state index in [4.69, 9.17) is 4.74 Å². The summed E-state index contributed by atoms with van der Waals surface area (Å²) in [6, 6.07) is 6.32. The maximum atomic E-state index is 5.43. The number of ether oxygens (including phenoxy) is 1. The number of benzene rings is 1. The van der Waals surface area contributed by atoms with Crippen molar-refractivity contribution in [1.82, 2.24) is 4.98 Å². The van der Waals surface area contributed by atoms with E-state index in [-0.39, 0.29) is 0 Å². The Labute approximate surface area is 120 Å². The Balaban J connectivity index is 2.49. The summed E-state index contributed by atoms with van der Waals surface area (Å²) < 4.78 is 5.43. The van der Waals surface area contributed by atoms with E-state index in [2.05, 4.69) is 52.3 Å². The van der Waals surface area contributed by atoms with Crippen molar-refractivity contribution < 1.29 is 4.74 Å². The first-order chi connectivity index (χ1) is 8.65. The molecule has 0 atom stereocenters. The van der Waals surface area contributed by atoms with Crippen LogP contribution in [0.4, 0.5) is 0 Å². The molecule has 0 saturated heterocycles. The van der Waals surface area contributed by atoms with Gasteiger partial charge >= 0.3 is 0 Å². The lowest BCUT2D eigenvalue weighted by atomic mass is 9.99. The fourth-order valence-corrected chi connectivity index (χ4v) is 2.94. The zero-order chi connectivity index (χ0) is 13.1. The van der Waals surface area contributed by atoms with Crippen molar-refractivity contribution >= 4 is 27.3 Å². The van der Waals surface area contributed by atoms with Gasteiger partial charge < -0.3 is 4.74 Å². The lowest BCUT2D eigenvalue weighted by Gasteiger charge is -2.11. The van der Waals surface area contributed by atoms with Gasteiger partial charge in [0.15, 0.2) is 0 Å². The predicted octanol–water partition coefficient (Wildman–Crippen LogP) is 4.84. The van der Waals surface area contributed by atoms with Crippen molar-refractivity contribution in [2.75, 3.05) is 7.11 Å². The summed E-state index contributed by atoms with van der Waals surface area (Å²) in [4.78, 5) is 4.60. The Morgan fingerprint density at radius 1 is 1.39 bits per heavy atom. The number of alkyl halides is 1. The molecule has 0 aliphatic heterocycles. The molecule has 0 N–H and O–H groups in total. The Kier molecular flexibility index (Phi) is 4.40. The van der Waals surface area contributed by atoms with Crippen LogP contribution in [-0.4, -0.2) is 12.1 Å². The van der Waals surface area contributed by atoms with Crippen LogP contribution in [0.15, 0.2) is 23.6 Å². The molecule has 0 saturated carbocycles. The fraction of sp³-hybridized carbons (Fsp3) is 0.357. The van der Waals surface area contributed by atoms with Gasteiger partial charge in [-0.25, -0.2) is 4.98 Å². The molecule has 0 spiro atoms. The number of rotatable bonds is 4. The van der Waals surface area contributed by atoms with Crippen LogP contribution in [0, 0.1) is 0 Å². The van der Waals surface area contributed by atoms with Crippen molar-refractivity contribution in [2.45, 2.75) is 25.1 Å². The quantitative estimate of drug-likeness (QED) is 0.750. The molecule has 0 unspecified atom stereocenters. The third-order valence-electron chi connectivity index (χ3n) is 2.83. The minimum Gasteiger partial charge on any atom is -0.496 e. The van der Waals surface area contributed by atoms with Gasteiger partial charge in [0, 0.05) is 10.9 Å². The second-order valence-corrected chi connectivity index (χ2v) is 5.88. The lowest BCUT2D eigenvalue weighted by molar-refractivity contribution is 0.416. The number of hydrogen-bond donors (Lipinski definition) is 0. The molecular weight excluding hydrogens is 310 g/mol. The van der Waals surface area contributed by atoms with Gasteiger partial charge in [0.2, 0.25) is 0 Å². The first-order valence-corrected chi connectivity index (χ1v) is 7.84. The molecule has 0 aliphatic rings.